The normalized spacial score (nSPS) is 33.2. The average molecular weight is 400 g/mol. The van der Waals surface area contributed by atoms with Crippen LogP contribution in [0.1, 0.15) is 64.9 Å². The highest BCUT2D eigenvalue weighted by Crippen LogP contribution is 2.44. The second-order valence-electron chi connectivity index (χ2n) is 10.3. The maximum absolute atomic E-state index is 13.2. The average Bonchev–Trinajstić information content (AvgIpc) is 3.14. The van der Waals surface area contributed by atoms with Gasteiger partial charge >= 0.3 is 5.97 Å². The van der Waals surface area contributed by atoms with Crippen LogP contribution < -0.4 is 5.32 Å². The second kappa shape index (κ2) is 8.01. The van der Waals surface area contributed by atoms with Crippen molar-refractivity contribution in [1.29, 1.82) is 0 Å². The summed E-state index contributed by atoms with van der Waals surface area (Å²) < 4.78 is 5.87. The summed E-state index contributed by atoms with van der Waals surface area (Å²) in [5.41, 5.74) is 0.467. The minimum Gasteiger partial charge on any atom is -0.459 e. The molecule has 0 spiro atoms. The fourth-order valence-corrected chi connectivity index (χ4v) is 5.59. The molecule has 0 aromatic heterocycles. The van der Waals surface area contributed by atoms with Crippen molar-refractivity contribution in [2.45, 2.75) is 95.2 Å². The molecular weight excluding hydrogens is 362 g/mol. The van der Waals surface area contributed by atoms with Crippen LogP contribution in [0.5, 0.6) is 0 Å². The zero-order valence-electron chi connectivity index (χ0n) is 18.5. The molecule has 3 fully saturated rings. The molecule has 2 bridgehead atoms. The fraction of sp³-hybridized carbons (Fsp3) is 0.708. The summed E-state index contributed by atoms with van der Waals surface area (Å²) in [6.45, 7) is 8.02. The zero-order chi connectivity index (χ0) is 20.6. The van der Waals surface area contributed by atoms with Crippen molar-refractivity contribution < 1.29 is 9.53 Å². The monoisotopic (exact) mass is 399 g/mol. The number of benzene rings is 1. The van der Waals surface area contributed by atoms with E-state index in [0.29, 0.717) is 18.2 Å². The van der Waals surface area contributed by atoms with Gasteiger partial charge in [0.15, 0.2) is 0 Å². The number of nitrogens with zero attached hydrogens (tertiary/aromatic N) is 2. The van der Waals surface area contributed by atoms with Gasteiger partial charge in [0.1, 0.15) is 11.1 Å². The third kappa shape index (κ3) is 4.37. The first-order chi connectivity index (χ1) is 13.8. The van der Waals surface area contributed by atoms with E-state index in [1.165, 1.54) is 18.4 Å². The van der Waals surface area contributed by atoms with Crippen molar-refractivity contribution in [2.24, 2.45) is 0 Å². The minimum atomic E-state index is -0.462. The maximum atomic E-state index is 13.2. The van der Waals surface area contributed by atoms with Crippen LogP contribution in [0.2, 0.25) is 0 Å². The van der Waals surface area contributed by atoms with E-state index in [0.717, 1.165) is 38.8 Å². The third-order valence-corrected chi connectivity index (χ3v) is 7.05. The molecule has 4 rings (SSSR count). The van der Waals surface area contributed by atoms with E-state index in [-0.39, 0.29) is 5.97 Å². The molecule has 29 heavy (non-hydrogen) atoms. The Morgan fingerprint density at radius 2 is 2.00 bits per heavy atom. The van der Waals surface area contributed by atoms with Gasteiger partial charge in [-0.2, -0.15) is 0 Å². The molecule has 3 aliphatic rings. The molecule has 3 saturated heterocycles. The Morgan fingerprint density at radius 1 is 1.24 bits per heavy atom. The van der Waals surface area contributed by atoms with Gasteiger partial charge in [0.05, 0.1) is 6.17 Å². The lowest BCUT2D eigenvalue weighted by molar-refractivity contribution is -0.171. The molecule has 0 amide bonds. The van der Waals surface area contributed by atoms with Crippen molar-refractivity contribution in [3.63, 3.8) is 0 Å². The quantitative estimate of drug-likeness (QED) is 0.768. The van der Waals surface area contributed by atoms with Gasteiger partial charge in [-0.3, -0.25) is 19.9 Å². The van der Waals surface area contributed by atoms with Crippen LogP contribution in [0.4, 0.5) is 0 Å². The molecule has 5 heteroatoms. The topological polar surface area (TPSA) is 44.8 Å². The zero-order valence-corrected chi connectivity index (χ0v) is 18.5. The van der Waals surface area contributed by atoms with Crippen LogP contribution in [0.25, 0.3) is 0 Å². The van der Waals surface area contributed by atoms with E-state index in [2.05, 4.69) is 52.5 Å². The van der Waals surface area contributed by atoms with Crippen molar-refractivity contribution in [1.82, 2.24) is 15.1 Å². The molecule has 3 aliphatic heterocycles. The molecule has 1 aromatic carbocycles. The number of esters is 1. The SMILES string of the molecule is CN1C2CCC1(C(=O)OC(C)(C)C)CC(NC1CCCN1Cc1ccccc1)C2. The van der Waals surface area contributed by atoms with E-state index in [4.69, 9.17) is 4.74 Å². The molecule has 1 aromatic rings. The Morgan fingerprint density at radius 3 is 2.72 bits per heavy atom. The van der Waals surface area contributed by atoms with Crippen molar-refractivity contribution in [3.05, 3.63) is 35.9 Å². The van der Waals surface area contributed by atoms with E-state index in [1.54, 1.807) is 0 Å². The van der Waals surface area contributed by atoms with Crippen LogP contribution in [0.3, 0.4) is 0 Å². The molecule has 0 saturated carbocycles. The standard InChI is InChI=1S/C24H37N3O2/c1-23(2,3)29-22(28)24-13-12-20(26(24)4)15-19(16-24)25-21-11-8-14-27(21)17-18-9-6-5-7-10-18/h5-7,9-10,19-21,25H,8,11-17H2,1-4H3. The van der Waals surface area contributed by atoms with Crippen LogP contribution in [-0.2, 0) is 16.1 Å². The largest absolute Gasteiger partial charge is 0.459 e. The number of rotatable bonds is 5. The smallest absolute Gasteiger partial charge is 0.327 e. The highest BCUT2D eigenvalue weighted by Gasteiger charge is 2.56. The third-order valence-electron chi connectivity index (χ3n) is 7.05. The summed E-state index contributed by atoms with van der Waals surface area (Å²) in [5, 5.41) is 3.94. The predicted molar refractivity (Wildman–Crippen MR) is 115 cm³/mol. The number of hydrogen-bond acceptors (Lipinski definition) is 5. The highest BCUT2D eigenvalue weighted by molar-refractivity contribution is 5.82. The minimum absolute atomic E-state index is 0.0333. The number of carbonyl (C=O) groups excluding carboxylic acids is 1. The predicted octanol–water partition coefficient (Wildman–Crippen LogP) is 3.54. The first-order valence-corrected chi connectivity index (χ1v) is 11.3. The van der Waals surface area contributed by atoms with Crippen molar-refractivity contribution in [3.8, 4) is 0 Å². The van der Waals surface area contributed by atoms with Gasteiger partial charge in [-0.25, -0.2) is 0 Å². The number of carbonyl (C=O) groups is 1. The molecule has 160 valence electrons. The maximum Gasteiger partial charge on any atom is 0.327 e. The van der Waals surface area contributed by atoms with E-state index >= 15 is 0 Å². The summed E-state index contributed by atoms with van der Waals surface area (Å²) >= 11 is 0. The van der Waals surface area contributed by atoms with Gasteiger partial charge < -0.3 is 4.74 Å². The second-order valence-corrected chi connectivity index (χ2v) is 10.3. The van der Waals surface area contributed by atoms with Gasteiger partial charge in [-0.05, 0) is 71.9 Å². The number of hydrogen-bond donors (Lipinski definition) is 1. The molecule has 0 radical (unpaired) electrons. The van der Waals surface area contributed by atoms with E-state index in [1.807, 2.05) is 20.8 Å². The number of nitrogens with one attached hydrogen (secondary N) is 1. The Balaban J connectivity index is 1.43. The highest BCUT2D eigenvalue weighted by atomic mass is 16.6. The van der Waals surface area contributed by atoms with Crippen LogP contribution >= 0.6 is 0 Å². The Hall–Kier alpha value is -1.43. The molecule has 3 heterocycles. The van der Waals surface area contributed by atoms with Gasteiger partial charge in [0, 0.05) is 25.2 Å². The van der Waals surface area contributed by atoms with Crippen LogP contribution in [0, 0.1) is 0 Å². The Kier molecular flexibility index (Phi) is 5.75. The Labute approximate surface area is 175 Å². The summed E-state index contributed by atoms with van der Waals surface area (Å²) in [4.78, 5) is 18.1. The van der Waals surface area contributed by atoms with E-state index in [9.17, 15) is 4.79 Å². The number of fused-ring (bicyclic) bond motifs is 2. The molecule has 4 atom stereocenters. The van der Waals surface area contributed by atoms with Gasteiger partial charge in [0.2, 0.25) is 0 Å². The molecule has 0 aliphatic carbocycles. The lowest BCUT2D eigenvalue weighted by atomic mass is 9.85. The van der Waals surface area contributed by atoms with Crippen LogP contribution in [-0.4, -0.2) is 58.8 Å². The van der Waals surface area contributed by atoms with Crippen molar-refractivity contribution in [2.75, 3.05) is 13.6 Å². The molecule has 4 unspecified atom stereocenters. The summed E-state index contributed by atoms with van der Waals surface area (Å²) in [7, 11) is 2.12. The lowest BCUT2D eigenvalue weighted by Gasteiger charge is -2.46. The fourth-order valence-electron chi connectivity index (χ4n) is 5.59. The number of piperidine rings is 1. The van der Waals surface area contributed by atoms with Gasteiger partial charge in [0.25, 0.3) is 0 Å². The Bertz CT molecular complexity index is 717. The van der Waals surface area contributed by atoms with Gasteiger partial charge in [-0.1, -0.05) is 30.3 Å². The summed E-state index contributed by atoms with van der Waals surface area (Å²) in [6, 6.07) is 11.6. The van der Waals surface area contributed by atoms with E-state index < -0.39 is 11.1 Å². The number of likely N-dealkylation sites (tertiary alicyclic amines) is 1. The number of likely N-dealkylation sites (N-methyl/N-ethyl adjacent to an activating group) is 1. The summed E-state index contributed by atoms with van der Waals surface area (Å²) in [5.74, 6) is -0.0333. The number of ether oxygens (including phenoxy) is 1. The lowest BCUT2D eigenvalue weighted by Crippen LogP contribution is -2.62. The molecule has 5 nitrogen and oxygen atoms in total. The van der Waals surface area contributed by atoms with Crippen molar-refractivity contribution >= 4 is 5.97 Å². The first-order valence-electron chi connectivity index (χ1n) is 11.3. The molecular formula is C24H37N3O2. The summed E-state index contributed by atoms with van der Waals surface area (Å²) in [6.07, 6.45) is 6.80. The molecule has 1 N–H and O–H groups in total. The first kappa shape index (κ1) is 20.8. The van der Waals surface area contributed by atoms with Crippen LogP contribution in [0.15, 0.2) is 30.3 Å². The van der Waals surface area contributed by atoms with Gasteiger partial charge in [-0.15, -0.1) is 0 Å².